The molecule has 2 aliphatic rings. The van der Waals surface area contributed by atoms with Gasteiger partial charge >= 0.3 is 0 Å². The minimum atomic E-state index is -0.0564. The molecule has 1 saturated heterocycles. The summed E-state index contributed by atoms with van der Waals surface area (Å²) >= 11 is 0. The fraction of sp³-hybridized carbons (Fsp3) is 0.684. The second-order valence-corrected chi connectivity index (χ2v) is 8.15. The van der Waals surface area contributed by atoms with Crippen molar-refractivity contribution < 1.29 is 4.84 Å². The van der Waals surface area contributed by atoms with Crippen LogP contribution in [0, 0.1) is 18.8 Å². The van der Waals surface area contributed by atoms with Crippen LogP contribution in [0.2, 0.25) is 0 Å². The third kappa shape index (κ3) is 2.43. The molecular formula is C19H29NO. The van der Waals surface area contributed by atoms with Gasteiger partial charge in [0.05, 0.1) is 5.60 Å². The summed E-state index contributed by atoms with van der Waals surface area (Å²) in [4.78, 5) is 6.15. The van der Waals surface area contributed by atoms with Gasteiger partial charge in [-0.3, -0.25) is 4.84 Å². The Morgan fingerprint density at radius 1 is 1.19 bits per heavy atom. The predicted molar refractivity (Wildman–Crippen MR) is 87.1 cm³/mol. The zero-order valence-corrected chi connectivity index (χ0v) is 14.3. The lowest BCUT2D eigenvalue weighted by Gasteiger charge is -2.46. The summed E-state index contributed by atoms with van der Waals surface area (Å²) in [5.74, 6) is 1.25. The maximum absolute atomic E-state index is 6.15. The van der Waals surface area contributed by atoms with Crippen LogP contribution in [0.15, 0.2) is 24.3 Å². The number of hydrogen-bond acceptors (Lipinski definition) is 2. The van der Waals surface area contributed by atoms with Crippen LogP contribution in [0.1, 0.15) is 51.7 Å². The Hall–Kier alpha value is -0.860. The Labute approximate surface area is 129 Å². The number of rotatable bonds is 1. The van der Waals surface area contributed by atoms with Crippen LogP contribution in [0.25, 0.3) is 0 Å². The number of hydroxylamine groups is 2. The SMILES string of the molecule is Cc1cccc([C@@]2(C)C[C@@H]3[C@@H]([C@@H](C)C2)N(C)OC3(C)C)c1. The summed E-state index contributed by atoms with van der Waals surface area (Å²) in [7, 11) is 2.11. The second kappa shape index (κ2) is 4.82. The van der Waals surface area contributed by atoms with E-state index in [0.29, 0.717) is 17.9 Å². The molecule has 1 aromatic carbocycles. The van der Waals surface area contributed by atoms with Crippen molar-refractivity contribution in [2.75, 3.05) is 7.05 Å². The summed E-state index contributed by atoms with van der Waals surface area (Å²) in [6.07, 6.45) is 2.45. The first-order valence-corrected chi connectivity index (χ1v) is 8.22. The van der Waals surface area contributed by atoms with Gasteiger partial charge in [0.2, 0.25) is 0 Å². The molecule has 1 saturated carbocycles. The summed E-state index contributed by atoms with van der Waals surface area (Å²) in [6.45, 7) is 11.5. The van der Waals surface area contributed by atoms with Gasteiger partial charge < -0.3 is 0 Å². The molecule has 0 bridgehead atoms. The Balaban J connectivity index is 1.97. The molecule has 3 rings (SSSR count). The fourth-order valence-electron chi connectivity index (χ4n) is 4.94. The van der Waals surface area contributed by atoms with Crippen molar-refractivity contribution in [3.8, 4) is 0 Å². The monoisotopic (exact) mass is 287 g/mol. The highest BCUT2D eigenvalue weighted by molar-refractivity contribution is 5.30. The van der Waals surface area contributed by atoms with E-state index in [2.05, 4.69) is 71.0 Å². The zero-order chi connectivity index (χ0) is 15.4. The lowest BCUT2D eigenvalue weighted by molar-refractivity contribution is -0.182. The van der Waals surface area contributed by atoms with Gasteiger partial charge in [-0.2, -0.15) is 5.06 Å². The molecule has 2 nitrogen and oxygen atoms in total. The van der Waals surface area contributed by atoms with Crippen LogP contribution in [0.5, 0.6) is 0 Å². The van der Waals surface area contributed by atoms with Crippen LogP contribution in [-0.2, 0) is 10.3 Å². The van der Waals surface area contributed by atoms with Crippen LogP contribution >= 0.6 is 0 Å². The number of aryl methyl sites for hydroxylation is 1. The van der Waals surface area contributed by atoms with Crippen molar-refractivity contribution in [1.82, 2.24) is 5.06 Å². The normalized spacial score (nSPS) is 39.2. The first kappa shape index (κ1) is 15.1. The van der Waals surface area contributed by atoms with Crippen molar-refractivity contribution in [2.24, 2.45) is 11.8 Å². The number of hydrogen-bond donors (Lipinski definition) is 0. The van der Waals surface area contributed by atoms with Gasteiger partial charge in [-0.05, 0) is 50.5 Å². The third-order valence-electron chi connectivity index (χ3n) is 5.85. The number of benzene rings is 1. The molecule has 116 valence electrons. The molecule has 2 fully saturated rings. The first-order chi connectivity index (χ1) is 9.73. The van der Waals surface area contributed by atoms with E-state index < -0.39 is 0 Å². The van der Waals surface area contributed by atoms with Crippen LogP contribution in [0.4, 0.5) is 0 Å². The van der Waals surface area contributed by atoms with E-state index in [4.69, 9.17) is 4.84 Å². The summed E-state index contributed by atoms with van der Waals surface area (Å²) in [6, 6.07) is 9.64. The van der Waals surface area contributed by atoms with Crippen LogP contribution in [0.3, 0.4) is 0 Å². The minimum Gasteiger partial charge on any atom is -0.293 e. The molecule has 2 heteroatoms. The van der Waals surface area contributed by atoms with Gasteiger partial charge in [0, 0.05) is 19.0 Å². The van der Waals surface area contributed by atoms with Gasteiger partial charge in [0.1, 0.15) is 0 Å². The molecule has 21 heavy (non-hydrogen) atoms. The summed E-state index contributed by atoms with van der Waals surface area (Å²) in [5.41, 5.74) is 3.07. The van der Waals surface area contributed by atoms with Crippen LogP contribution in [-0.4, -0.2) is 23.8 Å². The average molecular weight is 287 g/mol. The van der Waals surface area contributed by atoms with Crippen LogP contribution < -0.4 is 0 Å². The quantitative estimate of drug-likeness (QED) is 0.762. The molecule has 0 N–H and O–H groups in total. The predicted octanol–water partition coefficient (Wildman–Crippen LogP) is 4.32. The molecule has 1 aliphatic heterocycles. The largest absolute Gasteiger partial charge is 0.293 e. The third-order valence-corrected chi connectivity index (χ3v) is 5.85. The Morgan fingerprint density at radius 3 is 2.57 bits per heavy atom. The standard InChI is InChI=1S/C19H29NO/c1-13-8-7-9-15(10-13)19(5)11-14(2)17-16(12-19)18(3,4)21-20(17)6/h7-10,14,16-17H,11-12H2,1-6H3/t14-,16+,17+,19+/m0/s1. The average Bonchev–Trinajstić information content (AvgIpc) is 2.59. The molecule has 0 spiro atoms. The Kier molecular flexibility index (Phi) is 3.46. The van der Waals surface area contributed by atoms with Crippen molar-refractivity contribution in [3.05, 3.63) is 35.4 Å². The van der Waals surface area contributed by atoms with Crippen molar-refractivity contribution >= 4 is 0 Å². The lowest BCUT2D eigenvalue weighted by atomic mass is 9.59. The van der Waals surface area contributed by atoms with E-state index in [1.807, 2.05) is 0 Å². The topological polar surface area (TPSA) is 12.5 Å². The molecule has 1 aliphatic carbocycles. The van der Waals surface area contributed by atoms with Gasteiger partial charge in [-0.1, -0.05) is 43.7 Å². The summed E-state index contributed by atoms with van der Waals surface area (Å²) in [5, 5.41) is 2.13. The van der Waals surface area contributed by atoms with E-state index in [-0.39, 0.29) is 11.0 Å². The zero-order valence-electron chi connectivity index (χ0n) is 14.3. The molecule has 1 aromatic rings. The molecule has 1 heterocycles. The molecule has 4 atom stereocenters. The smallest absolute Gasteiger partial charge is 0.0887 e. The number of nitrogens with zero attached hydrogens (tertiary/aromatic N) is 1. The Morgan fingerprint density at radius 2 is 1.90 bits per heavy atom. The highest BCUT2D eigenvalue weighted by atomic mass is 16.7. The van der Waals surface area contributed by atoms with E-state index in [1.54, 1.807) is 0 Å². The highest BCUT2D eigenvalue weighted by Crippen LogP contribution is 2.53. The molecule has 0 amide bonds. The van der Waals surface area contributed by atoms with Gasteiger partial charge in [0.15, 0.2) is 0 Å². The maximum Gasteiger partial charge on any atom is 0.0887 e. The van der Waals surface area contributed by atoms with E-state index >= 15 is 0 Å². The van der Waals surface area contributed by atoms with Gasteiger partial charge in [-0.15, -0.1) is 0 Å². The highest BCUT2D eigenvalue weighted by Gasteiger charge is 2.55. The second-order valence-electron chi connectivity index (χ2n) is 8.15. The van der Waals surface area contributed by atoms with E-state index in [0.717, 1.165) is 0 Å². The lowest BCUT2D eigenvalue weighted by Crippen LogP contribution is -2.48. The first-order valence-electron chi connectivity index (χ1n) is 8.22. The Bertz CT molecular complexity index is 538. The maximum atomic E-state index is 6.15. The number of fused-ring (bicyclic) bond motifs is 1. The molecule has 0 aromatic heterocycles. The molecule has 0 unspecified atom stereocenters. The summed E-state index contributed by atoms with van der Waals surface area (Å²) < 4.78 is 0. The van der Waals surface area contributed by atoms with Gasteiger partial charge in [-0.25, -0.2) is 0 Å². The van der Waals surface area contributed by atoms with Crippen molar-refractivity contribution in [2.45, 2.75) is 64.5 Å². The van der Waals surface area contributed by atoms with E-state index in [1.165, 1.54) is 24.0 Å². The van der Waals surface area contributed by atoms with Crippen molar-refractivity contribution in [1.29, 1.82) is 0 Å². The molecular weight excluding hydrogens is 258 g/mol. The van der Waals surface area contributed by atoms with E-state index in [9.17, 15) is 0 Å². The molecule has 0 radical (unpaired) electrons. The van der Waals surface area contributed by atoms with Gasteiger partial charge in [0.25, 0.3) is 0 Å². The fourth-order valence-corrected chi connectivity index (χ4v) is 4.94. The van der Waals surface area contributed by atoms with Crippen molar-refractivity contribution in [3.63, 3.8) is 0 Å². The minimum absolute atomic E-state index is 0.0564.